The van der Waals surface area contributed by atoms with Crippen LogP contribution in [-0.2, 0) is 16.2 Å². The van der Waals surface area contributed by atoms with E-state index in [1.807, 2.05) is 0 Å². The van der Waals surface area contributed by atoms with Crippen molar-refractivity contribution in [1.29, 1.82) is 0 Å². The van der Waals surface area contributed by atoms with Crippen LogP contribution in [0.25, 0.3) is 0 Å². The highest BCUT2D eigenvalue weighted by Gasteiger charge is 2.47. The Morgan fingerprint density at radius 1 is 0.500 bits per heavy atom. The van der Waals surface area contributed by atoms with Crippen LogP contribution < -0.4 is 20.6 Å². The van der Waals surface area contributed by atoms with Crippen molar-refractivity contribution in [3.05, 3.63) is 138 Å². The molecule has 0 aromatic heterocycles. The number of hydrogen-bond donors (Lipinski definition) is 0. The molecule has 220 valence electrons. The summed E-state index contributed by atoms with van der Waals surface area (Å²) in [5, 5.41) is 0. The van der Waals surface area contributed by atoms with Gasteiger partial charge in [0.05, 0.1) is 22.7 Å². The van der Waals surface area contributed by atoms with Crippen molar-refractivity contribution < 1.29 is 0 Å². The molecule has 0 atom stereocenters. The molecule has 0 aliphatic carbocycles. The van der Waals surface area contributed by atoms with E-state index in [0.717, 1.165) is 0 Å². The zero-order valence-corrected chi connectivity index (χ0v) is 27.4. The van der Waals surface area contributed by atoms with E-state index in [9.17, 15) is 0 Å². The van der Waals surface area contributed by atoms with E-state index in [1.165, 1.54) is 61.6 Å². The third-order valence-corrected chi connectivity index (χ3v) is 9.74. The number of nitrogens with zero attached hydrogens (tertiary/aromatic N) is 2. The van der Waals surface area contributed by atoms with Gasteiger partial charge in [-0.25, -0.2) is 0 Å². The van der Waals surface area contributed by atoms with Crippen LogP contribution in [0.3, 0.4) is 0 Å². The molecule has 2 aliphatic heterocycles. The van der Waals surface area contributed by atoms with E-state index < -0.39 is 0 Å². The van der Waals surface area contributed by atoms with Gasteiger partial charge in [-0.3, -0.25) is 0 Å². The second-order valence-electron chi connectivity index (χ2n) is 15.1. The average Bonchev–Trinajstić information content (AvgIpc) is 3.00. The van der Waals surface area contributed by atoms with Crippen molar-refractivity contribution in [1.82, 2.24) is 0 Å². The standard InChI is InChI=1S/C41H43BN2/c1-39(2,3)31-22-16-26-35-37(31)44(42-33-24-14-12-20-29(33)41(7,8)30-21-13-15-25-34(30)42)38-32(40(4,5)6)23-17-27-36(38)43(35)28-18-10-9-11-19-28/h9-27H,1-8H3. The van der Waals surface area contributed by atoms with Gasteiger partial charge >= 0.3 is 6.85 Å². The monoisotopic (exact) mass is 574 g/mol. The number of anilines is 5. The first kappa shape index (κ1) is 28.5. The van der Waals surface area contributed by atoms with E-state index in [4.69, 9.17) is 0 Å². The van der Waals surface area contributed by atoms with E-state index in [0.29, 0.717) is 0 Å². The van der Waals surface area contributed by atoms with Crippen LogP contribution in [0.2, 0.25) is 0 Å². The number of benzene rings is 5. The molecule has 0 saturated heterocycles. The van der Waals surface area contributed by atoms with Crippen molar-refractivity contribution in [2.75, 3.05) is 9.71 Å². The van der Waals surface area contributed by atoms with Gasteiger partial charge in [-0.05, 0) is 68.3 Å². The molecule has 0 radical (unpaired) electrons. The van der Waals surface area contributed by atoms with Crippen LogP contribution in [0, 0.1) is 0 Å². The minimum Gasteiger partial charge on any atom is -0.373 e. The Morgan fingerprint density at radius 2 is 0.932 bits per heavy atom. The fourth-order valence-corrected chi connectivity index (χ4v) is 7.70. The lowest BCUT2D eigenvalue weighted by Crippen LogP contribution is -2.63. The topological polar surface area (TPSA) is 6.48 Å². The lowest BCUT2D eigenvalue weighted by Gasteiger charge is -2.50. The van der Waals surface area contributed by atoms with Gasteiger partial charge in [0.2, 0.25) is 0 Å². The van der Waals surface area contributed by atoms with Crippen molar-refractivity contribution in [3.63, 3.8) is 0 Å². The second kappa shape index (κ2) is 9.89. The Morgan fingerprint density at radius 3 is 1.39 bits per heavy atom. The molecule has 0 amide bonds. The highest BCUT2D eigenvalue weighted by Crippen LogP contribution is 2.57. The summed E-state index contributed by atoms with van der Waals surface area (Å²) in [5.74, 6) is 0. The molecule has 2 nitrogen and oxygen atoms in total. The van der Waals surface area contributed by atoms with Gasteiger partial charge in [0.1, 0.15) is 0 Å². The van der Waals surface area contributed by atoms with Gasteiger partial charge in [-0.2, -0.15) is 0 Å². The number of hydrogen-bond acceptors (Lipinski definition) is 2. The molecular weight excluding hydrogens is 531 g/mol. The van der Waals surface area contributed by atoms with Gasteiger partial charge in [-0.15, -0.1) is 0 Å². The highest BCUT2D eigenvalue weighted by molar-refractivity contribution is 6.90. The molecular formula is C41H43BN2. The molecule has 2 heterocycles. The van der Waals surface area contributed by atoms with Crippen molar-refractivity contribution in [3.8, 4) is 0 Å². The molecule has 0 saturated carbocycles. The molecule has 2 aliphatic rings. The third kappa shape index (κ3) is 4.24. The minimum atomic E-state index is -0.103. The molecule has 7 rings (SSSR count). The van der Waals surface area contributed by atoms with Crippen LogP contribution >= 0.6 is 0 Å². The first-order chi connectivity index (χ1) is 20.9. The van der Waals surface area contributed by atoms with E-state index >= 15 is 0 Å². The van der Waals surface area contributed by atoms with Crippen LogP contribution in [0.1, 0.15) is 77.6 Å². The summed E-state index contributed by atoms with van der Waals surface area (Å²) < 4.78 is 0. The third-order valence-electron chi connectivity index (χ3n) is 9.74. The maximum atomic E-state index is 2.73. The van der Waals surface area contributed by atoms with E-state index in [2.05, 4.69) is 180 Å². The van der Waals surface area contributed by atoms with Gasteiger partial charge in [0.25, 0.3) is 0 Å². The summed E-state index contributed by atoms with van der Waals surface area (Å²) in [7, 11) is 0. The fraction of sp³-hybridized carbons (Fsp3) is 0.268. The number of para-hydroxylation sites is 3. The van der Waals surface area contributed by atoms with Gasteiger partial charge < -0.3 is 9.71 Å². The Hall–Kier alpha value is -4.24. The lowest BCUT2D eigenvalue weighted by atomic mass is 9.40. The molecule has 5 aromatic rings. The molecule has 44 heavy (non-hydrogen) atoms. The molecule has 0 fully saturated rings. The first-order valence-electron chi connectivity index (χ1n) is 16.0. The highest BCUT2D eigenvalue weighted by atomic mass is 15.3. The van der Waals surface area contributed by atoms with Crippen LogP contribution in [-0.4, -0.2) is 6.85 Å². The maximum absolute atomic E-state index is 2.73. The Balaban J connectivity index is 1.67. The molecule has 0 bridgehead atoms. The SMILES string of the molecule is CC(C)(C)c1cccc2c1N(B1c3ccccc3C(C)(C)c3ccccc31)c1c(cccc1C(C)(C)C)N2c1ccccc1. The van der Waals surface area contributed by atoms with E-state index in [1.54, 1.807) is 0 Å². The average molecular weight is 575 g/mol. The van der Waals surface area contributed by atoms with Crippen LogP contribution in [0.15, 0.2) is 115 Å². The first-order valence-corrected chi connectivity index (χ1v) is 16.0. The molecule has 0 N–H and O–H groups in total. The molecule has 3 heteroatoms. The van der Waals surface area contributed by atoms with Crippen molar-refractivity contribution >= 4 is 46.2 Å². The predicted octanol–water partition coefficient (Wildman–Crippen LogP) is 9.65. The summed E-state index contributed by atoms with van der Waals surface area (Å²) in [5.41, 5.74) is 14.2. The fourth-order valence-electron chi connectivity index (χ4n) is 7.70. The maximum Gasteiger partial charge on any atom is 0.328 e. The summed E-state index contributed by atoms with van der Waals surface area (Å²) in [6, 6.07) is 43.1. The summed E-state index contributed by atoms with van der Waals surface area (Å²) in [4.78, 5) is 5.23. The Labute approximate surface area is 264 Å². The smallest absolute Gasteiger partial charge is 0.328 e. The molecule has 0 spiro atoms. The Kier molecular flexibility index (Phi) is 6.41. The van der Waals surface area contributed by atoms with Crippen molar-refractivity contribution in [2.24, 2.45) is 0 Å². The van der Waals surface area contributed by atoms with Crippen LogP contribution in [0.5, 0.6) is 0 Å². The molecule has 0 unspecified atom stereocenters. The normalized spacial score (nSPS) is 15.3. The minimum absolute atomic E-state index is 0.0119. The van der Waals surface area contributed by atoms with Crippen LogP contribution in [0.4, 0.5) is 28.4 Å². The lowest BCUT2D eigenvalue weighted by molar-refractivity contribution is 0.587. The van der Waals surface area contributed by atoms with Crippen molar-refractivity contribution in [2.45, 2.75) is 71.6 Å². The summed E-state index contributed by atoms with van der Waals surface area (Å²) in [6.45, 7) is 18.9. The van der Waals surface area contributed by atoms with Gasteiger partial charge in [-0.1, -0.05) is 146 Å². The predicted molar refractivity (Wildman–Crippen MR) is 191 cm³/mol. The van der Waals surface area contributed by atoms with Gasteiger partial charge in [0, 0.05) is 11.1 Å². The zero-order valence-electron chi connectivity index (χ0n) is 27.4. The molecule has 5 aromatic carbocycles. The Bertz CT molecular complexity index is 1760. The number of fused-ring (bicyclic) bond motifs is 4. The number of rotatable bonds is 2. The summed E-state index contributed by atoms with van der Waals surface area (Å²) >= 11 is 0. The largest absolute Gasteiger partial charge is 0.373 e. The van der Waals surface area contributed by atoms with Gasteiger partial charge in [0.15, 0.2) is 0 Å². The van der Waals surface area contributed by atoms with E-state index in [-0.39, 0.29) is 23.1 Å². The summed E-state index contributed by atoms with van der Waals surface area (Å²) in [6.07, 6.45) is 0. The second-order valence-corrected chi connectivity index (χ2v) is 15.1. The zero-order chi connectivity index (χ0) is 31.0. The quantitative estimate of drug-likeness (QED) is 0.194.